The molecule has 2 saturated heterocycles. The number of nitrogens with zero attached hydrogens (tertiary/aromatic N) is 3. The highest BCUT2D eigenvalue weighted by Gasteiger charge is 2.31. The molecule has 9 heteroatoms. The number of morpholine rings is 1. The number of amides is 1. The van der Waals surface area contributed by atoms with Gasteiger partial charge in [-0.2, -0.15) is 5.10 Å². The van der Waals surface area contributed by atoms with Crippen molar-refractivity contribution in [3.05, 3.63) is 40.3 Å². The lowest BCUT2D eigenvalue weighted by atomic mass is 10.1. The van der Waals surface area contributed by atoms with Gasteiger partial charge >= 0.3 is 0 Å². The molecule has 4 rings (SSSR count). The van der Waals surface area contributed by atoms with Gasteiger partial charge in [0.15, 0.2) is 0 Å². The Balaban J connectivity index is 0.00000225. The van der Waals surface area contributed by atoms with Crippen LogP contribution in [0.3, 0.4) is 0 Å². The van der Waals surface area contributed by atoms with Gasteiger partial charge in [0, 0.05) is 30.6 Å². The minimum atomic E-state index is -0.585. The number of hydrogen-bond acceptors (Lipinski definition) is 6. The Morgan fingerprint density at radius 1 is 1.46 bits per heavy atom. The van der Waals surface area contributed by atoms with Gasteiger partial charge in [-0.05, 0) is 36.9 Å². The molecule has 1 amide bonds. The number of ether oxygens (including phenoxy) is 1. The number of rotatable bonds is 5. The van der Waals surface area contributed by atoms with Crippen LogP contribution in [0.15, 0.2) is 29.8 Å². The first-order chi connectivity index (χ1) is 13.2. The number of aliphatic hydroxyl groups is 1. The summed E-state index contributed by atoms with van der Waals surface area (Å²) < 4.78 is 7.49. The summed E-state index contributed by atoms with van der Waals surface area (Å²) in [5.41, 5.74) is 0.470. The molecule has 0 spiro atoms. The van der Waals surface area contributed by atoms with Gasteiger partial charge in [0.2, 0.25) is 0 Å². The van der Waals surface area contributed by atoms with Gasteiger partial charge in [0.05, 0.1) is 31.4 Å². The van der Waals surface area contributed by atoms with E-state index in [0.29, 0.717) is 37.9 Å². The molecule has 2 aromatic heterocycles. The molecule has 2 aliphatic heterocycles. The van der Waals surface area contributed by atoms with Gasteiger partial charge in [-0.1, -0.05) is 6.07 Å². The third-order valence-electron chi connectivity index (χ3n) is 5.33. The first-order valence-corrected chi connectivity index (χ1v) is 10.5. The topological polar surface area (TPSA) is 79.6 Å². The predicted molar refractivity (Wildman–Crippen MR) is 110 cm³/mol. The molecule has 0 radical (unpaired) electrons. The van der Waals surface area contributed by atoms with Crippen molar-refractivity contribution in [2.75, 3.05) is 32.8 Å². The lowest BCUT2D eigenvalue weighted by Crippen LogP contribution is -2.49. The molecule has 0 saturated carbocycles. The number of carbonyl (C=O) groups is 1. The second-order valence-electron chi connectivity index (χ2n) is 7.18. The van der Waals surface area contributed by atoms with E-state index in [1.807, 2.05) is 33.3 Å². The van der Waals surface area contributed by atoms with E-state index in [0.717, 1.165) is 30.8 Å². The lowest BCUT2D eigenvalue weighted by Gasteiger charge is -2.36. The molecule has 4 heterocycles. The van der Waals surface area contributed by atoms with Crippen LogP contribution in [0.25, 0.3) is 0 Å². The molecule has 0 aliphatic carbocycles. The zero-order valence-electron chi connectivity index (χ0n) is 15.7. The van der Waals surface area contributed by atoms with Crippen LogP contribution < -0.4 is 5.32 Å². The zero-order chi connectivity index (χ0) is 18.6. The van der Waals surface area contributed by atoms with Crippen LogP contribution in [0.1, 0.15) is 46.8 Å². The smallest absolute Gasteiger partial charge is 0.274 e. The number of aliphatic hydroxyl groups excluding tert-OH is 1. The number of hydrogen-bond donors (Lipinski definition) is 2. The molecule has 7 nitrogen and oxygen atoms in total. The summed E-state index contributed by atoms with van der Waals surface area (Å²) in [6.07, 6.45) is 3.99. The largest absolute Gasteiger partial charge is 0.387 e. The summed E-state index contributed by atoms with van der Waals surface area (Å²) >= 11 is 1.53. The maximum absolute atomic E-state index is 13.1. The average Bonchev–Trinajstić information content (AvgIpc) is 3.41. The molecule has 2 aliphatic rings. The molecular formula is C19H27ClN4O3S. The van der Waals surface area contributed by atoms with Gasteiger partial charge in [0.25, 0.3) is 5.91 Å². The van der Waals surface area contributed by atoms with Crippen molar-refractivity contribution in [2.24, 2.45) is 0 Å². The number of carbonyl (C=O) groups excluding carboxylic acids is 1. The predicted octanol–water partition coefficient (Wildman–Crippen LogP) is 2.26. The van der Waals surface area contributed by atoms with Gasteiger partial charge in [-0.15, -0.1) is 23.7 Å². The van der Waals surface area contributed by atoms with E-state index in [2.05, 4.69) is 10.4 Å². The van der Waals surface area contributed by atoms with Crippen LogP contribution in [0.4, 0.5) is 0 Å². The minimum Gasteiger partial charge on any atom is -0.387 e. The van der Waals surface area contributed by atoms with Crippen molar-refractivity contribution in [1.29, 1.82) is 0 Å². The van der Waals surface area contributed by atoms with Crippen LogP contribution in [0.2, 0.25) is 0 Å². The van der Waals surface area contributed by atoms with Crippen molar-refractivity contribution in [1.82, 2.24) is 20.0 Å². The van der Waals surface area contributed by atoms with Crippen LogP contribution in [0, 0.1) is 0 Å². The van der Waals surface area contributed by atoms with E-state index in [4.69, 9.17) is 4.74 Å². The molecule has 2 N–H and O–H groups in total. The summed E-state index contributed by atoms with van der Waals surface area (Å²) in [4.78, 5) is 15.8. The second kappa shape index (κ2) is 9.84. The lowest BCUT2D eigenvalue weighted by molar-refractivity contribution is -0.0173. The number of piperidine rings is 1. The van der Waals surface area contributed by atoms with Crippen LogP contribution in [-0.4, -0.2) is 64.6 Å². The summed E-state index contributed by atoms with van der Waals surface area (Å²) in [6, 6.07) is 5.81. The normalized spacial score (nSPS) is 23.8. The molecule has 0 bridgehead atoms. The van der Waals surface area contributed by atoms with Crippen LogP contribution >= 0.6 is 23.7 Å². The summed E-state index contributed by atoms with van der Waals surface area (Å²) in [7, 11) is 0. The average molecular weight is 427 g/mol. The second-order valence-corrected chi connectivity index (χ2v) is 8.15. The highest BCUT2D eigenvalue weighted by molar-refractivity contribution is 7.10. The molecular weight excluding hydrogens is 400 g/mol. The Kier molecular flexibility index (Phi) is 7.48. The molecule has 28 heavy (non-hydrogen) atoms. The molecule has 2 aromatic rings. The number of thiophene rings is 1. The minimum absolute atomic E-state index is 0. The molecule has 2 fully saturated rings. The van der Waals surface area contributed by atoms with E-state index in [1.165, 1.54) is 11.3 Å². The van der Waals surface area contributed by atoms with Crippen LogP contribution in [-0.2, 0) is 4.74 Å². The van der Waals surface area contributed by atoms with E-state index in [1.54, 1.807) is 6.07 Å². The maximum Gasteiger partial charge on any atom is 0.274 e. The molecule has 3 unspecified atom stereocenters. The summed E-state index contributed by atoms with van der Waals surface area (Å²) in [6.45, 7) is 3.43. The van der Waals surface area contributed by atoms with Crippen molar-refractivity contribution in [3.8, 4) is 0 Å². The van der Waals surface area contributed by atoms with Crippen molar-refractivity contribution < 1.29 is 14.6 Å². The fourth-order valence-electron chi connectivity index (χ4n) is 3.83. The van der Waals surface area contributed by atoms with Crippen molar-refractivity contribution in [3.63, 3.8) is 0 Å². The number of aromatic nitrogens is 2. The highest BCUT2D eigenvalue weighted by atomic mass is 35.5. The van der Waals surface area contributed by atoms with E-state index >= 15 is 0 Å². The van der Waals surface area contributed by atoms with Gasteiger partial charge in [0.1, 0.15) is 5.69 Å². The van der Waals surface area contributed by atoms with Gasteiger partial charge in [-0.3, -0.25) is 9.48 Å². The van der Waals surface area contributed by atoms with Gasteiger partial charge in [-0.25, -0.2) is 0 Å². The van der Waals surface area contributed by atoms with Crippen LogP contribution in [0.5, 0.6) is 0 Å². The van der Waals surface area contributed by atoms with Gasteiger partial charge < -0.3 is 20.1 Å². The summed E-state index contributed by atoms with van der Waals surface area (Å²) in [5, 5.41) is 20.4. The fourth-order valence-corrected chi connectivity index (χ4v) is 4.56. The van der Waals surface area contributed by atoms with E-state index in [9.17, 15) is 9.90 Å². The highest BCUT2D eigenvalue weighted by Crippen LogP contribution is 2.26. The SMILES string of the molecule is Cl.O=C(c1ccn(C2CCCNC2)n1)N1CCOCC1CC(O)c1cccs1. The quantitative estimate of drug-likeness (QED) is 0.766. The standard InChI is InChI=1S/C19H26N4O3S.ClH/c24-17(18-4-2-10-27-18)11-15-13-26-9-8-22(15)19(25)16-5-7-23(21-16)14-3-1-6-20-12-14;/h2,4-5,7,10,14-15,17,20,24H,1,3,6,8-9,11-13H2;1H. The Hall–Kier alpha value is -1.45. The Labute approximate surface area is 175 Å². The monoisotopic (exact) mass is 426 g/mol. The van der Waals surface area contributed by atoms with E-state index in [-0.39, 0.29) is 24.4 Å². The number of halogens is 1. The summed E-state index contributed by atoms with van der Waals surface area (Å²) in [5.74, 6) is -0.0794. The van der Waals surface area contributed by atoms with Crippen molar-refractivity contribution >= 4 is 29.7 Å². The third kappa shape index (κ3) is 4.75. The Bertz CT molecular complexity index is 748. The third-order valence-corrected chi connectivity index (χ3v) is 6.30. The first-order valence-electron chi connectivity index (χ1n) is 9.58. The molecule has 3 atom stereocenters. The Morgan fingerprint density at radius 3 is 3.11 bits per heavy atom. The zero-order valence-corrected chi connectivity index (χ0v) is 17.3. The first kappa shape index (κ1) is 21.3. The number of nitrogens with one attached hydrogen (secondary N) is 1. The fraction of sp³-hybridized carbons (Fsp3) is 0.579. The molecule has 154 valence electrons. The van der Waals surface area contributed by atoms with Crippen molar-refractivity contribution in [2.45, 2.75) is 37.5 Å². The molecule has 0 aromatic carbocycles. The Morgan fingerprint density at radius 2 is 2.36 bits per heavy atom. The van der Waals surface area contributed by atoms with E-state index < -0.39 is 6.10 Å². The maximum atomic E-state index is 13.1.